The largest absolute Gasteiger partial charge is 0.329 e. The second-order valence-electron chi connectivity index (χ2n) is 4.48. The van der Waals surface area contributed by atoms with E-state index in [-0.39, 0.29) is 10.9 Å². The number of nitrogens with zero attached hydrogens (tertiary/aromatic N) is 4. The van der Waals surface area contributed by atoms with E-state index in [1.807, 2.05) is 0 Å². The van der Waals surface area contributed by atoms with Crippen molar-refractivity contribution >= 4 is 10.0 Å². The zero-order valence-corrected chi connectivity index (χ0v) is 12.0. The first-order chi connectivity index (χ1) is 9.51. The fourth-order valence-electron chi connectivity index (χ4n) is 1.80. The minimum Gasteiger partial charge on any atom is -0.329 e. The van der Waals surface area contributed by atoms with Gasteiger partial charge in [-0.15, -0.1) is 0 Å². The molecule has 3 N–H and O–H groups in total. The standard InChI is InChI=1S/C11H18N6O2S/c1-10(8-16-5-2-4-13-16)15-20(18,19)11-7-14-17(9-11)6-3-12/h2,4-5,7,9-10,15H,3,6,8,12H2,1H3. The molecule has 0 amide bonds. The van der Waals surface area contributed by atoms with Gasteiger partial charge in [0.1, 0.15) is 4.90 Å². The van der Waals surface area contributed by atoms with E-state index in [0.717, 1.165) is 0 Å². The van der Waals surface area contributed by atoms with Crippen LogP contribution in [0.1, 0.15) is 6.92 Å². The summed E-state index contributed by atoms with van der Waals surface area (Å²) in [5, 5.41) is 7.99. The lowest BCUT2D eigenvalue weighted by molar-refractivity contribution is 0.494. The minimum absolute atomic E-state index is 0.137. The fourth-order valence-corrected chi connectivity index (χ4v) is 2.98. The molecule has 2 aromatic rings. The smallest absolute Gasteiger partial charge is 0.243 e. The van der Waals surface area contributed by atoms with Gasteiger partial charge < -0.3 is 5.73 Å². The molecule has 0 aromatic carbocycles. The number of rotatable bonds is 7. The van der Waals surface area contributed by atoms with Gasteiger partial charge in [0.05, 0.1) is 19.3 Å². The van der Waals surface area contributed by atoms with Gasteiger partial charge in [0.2, 0.25) is 10.0 Å². The van der Waals surface area contributed by atoms with Crippen LogP contribution in [0.15, 0.2) is 35.7 Å². The molecule has 9 heteroatoms. The van der Waals surface area contributed by atoms with Crippen LogP contribution in [0, 0.1) is 0 Å². The Kier molecular flexibility index (Phi) is 4.53. The number of nitrogens with two attached hydrogens (primary N) is 1. The average Bonchev–Trinajstić information content (AvgIpc) is 3.00. The van der Waals surface area contributed by atoms with Crippen molar-refractivity contribution in [1.29, 1.82) is 0 Å². The highest BCUT2D eigenvalue weighted by atomic mass is 32.2. The van der Waals surface area contributed by atoms with Crippen LogP contribution < -0.4 is 10.5 Å². The summed E-state index contributed by atoms with van der Waals surface area (Å²) >= 11 is 0. The molecule has 0 spiro atoms. The minimum atomic E-state index is -3.58. The fraction of sp³-hybridized carbons (Fsp3) is 0.455. The second kappa shape index (κ2) is 6.16. The van der Waals surface area contributed by atoms with E-state index in [1.54, 1.807) is 30.1 Å². The van der Waals surface area contributed by atoms with Crippen molar-refractivity contribution in [3.05, 3.63) is 30.9 Å². The third-order valence-corrected chi connectivity index (χ3v) is 4.20. The van der Waals surface area contributed by atoms with E-state index in [1.165, 1.54) is 17.1 Å². The van der Waals surface area contributed by atoms with Crippen molar-refractivity contribution in [2.24, 2.45) is 5.73 Å². The number of nitrogens with one attached hydrogen (secondary N) is 1. The molecule has 0 saturated carbocycles. The lowest BCUT2D eigenvalue weighted by atomic mass is 10.4. The van der Waals surface area contributed by atoms with Gasteiger partial charge in [-0.2, -0.15) is 10.2 Å². The Morgan fingerprint density at radius 1 is 1.40 bits per heavy atom. The molecular formula is C11H18N6O2S. The van der Waals surface area contributed by atoms with Gasteiger partial charge in [-0.05, 0) is 13.0 Å². The summed E-state index contributed by atoms with van der Waals surface area (Å²) < 4.78 is 30.1. The molecular weight excluding hydrogens is 280 g/mol. The molecule has 8 nitrogen and oxygen atoms in total. The molecule has 1 atom stereocenters. The summed E-state index contributed by atoms with van der Waals surface area (Å²) in [7, 11) is -3.58. The predicted molar refractivity (Wildman–Crippen MR) is 73.3 cm³/mol. The van der Waals surface area contributed by atoms with Gasteiger partial charge in [0.15, 0.2) is 0 Å². The molecule has 0 aliphatic heterocycles. The monoisotopic (exact) mass is 298 g/mol. The Balaban J connectivity index is 2.02. The zero-order chi connectivity index (χ0) is 14.6. The Labute approximate surface area is 117 Å². The van der Waals surface area contributed by atoms with Crippen LogP contribution in [0.5, 0.6) is 0 Å². The van der Waals surface area contributed by atoms with E-state index in [9.17, 15) is 8.42 Å². The molecule has 2 heterocycles. The van der Waals surface area contributed by atoms with Crippen LogP contribution >= 0.6 is 0 Å². The zero-order valence-electron chi connectivity index (χ0n) is 11.2. The van der Waals surface area contributed by atoms with Crippen molar-refractivity contribution in [2.75, 3.05) is 6.54 Å². The topological polar surface area (TPSA) is 108 Å². The Morgan fingerprint density at radius 3 is 2.85 bits per heavy atom. The van der Waals surface area contributed by atoms with E-state index < -0.39 is 10.0 Å². The van der Waals surface area contributed by atoms with Gasteiger partial charge in [-0.3, -0.25) is 9.36 Å². The quantitative estimate of drug-likeness (QED) is 0.710. The molecule has 0 radical (unpaired) electrons. The van der Waals surface area contributed by atoms with Crippen molar-refractivity contribution in [3.63, 3.8) is 0 Å². The van der Waals surface area contributed by atoms with Crippen LogP contribution in [-0.2, 0) is 23.1 Å². The molecule has 20 heavy (non-hydrogen) atoms. The normalized spacial score (nSPS) is 13.5. The molecule has 2 rings (SSSR count). The molecule has 110 valence electrons. The summed E-state index contributed by atoms with van der Waals surface area (Å²) in [6.45, 7) is 3.13. The van der Waals surface area contributed by atoms with Gasteiger partial charge in [-0.1, -0.05) is 0 Å². The highest BCUT2D eigenvalue weighted by Crippen LogP contribution is 2.08. The highest BCUT2D eigenvalue weighted by molar-refractivity contribution is 7.89. The SMILES string of the molecule is CC(Cn1cccn1)NS(=O)(=O)c1cnn(CCN)c1. The average molecular weight is 298 g/mol. The number of sulfonamides is 1. The van der Waals surface area contributed by atoms with E-state index in [2.05, 4.69) is 14.9 Å². The van der Waals surface area contributed by atoms with Crippen LogP contribution in [0.25, 0.3) is 0 Å². The van der Waals surface area contributed by atoms with Gasteiger partial charge >= 0.3 is 0 Å². The Morgan fingerprint density at radius 2 is 2.20 bits per heavy atom. The molecule has 0 saturated heterocycles. The highest BCUT2D eigenvalue weighted by Gasteiger charge is 2.19. The van der Waals surface area contributed by atoms with Crippen molar-refractivity contribution in [1.82, 2.24) is 24.3 Å². The summed E-state index contributed by atoms with van der Waals surface area (Å²) in [5.74, 6) is 0. The Bertz CT molecular complexity index is 634. The molecule has 0 fully saturated rings. The molecule has 0 aliphatic carbocycles. The third kappa shape index (κ3) is 3.65. The van der Waals surface area contributed by atoms with Crippen LogP contribution in [0.2, 0.25) is 0 Å². The van der Waals surface area contributed by atoms with Crippen molar-refractivity contribution < 1.29 is 8.42 Å². The van der Waals surface area contributed by atoms with Crippen LogP contribution in [-0.4, -0.2) is 40.6 Å². The van der Waals surface area contributed by atoms with Crippen LogP contribution in [0.4, 0.5) is 0 Å². The number of hydrogen-bond donors (Lipinski definition) is 2. The summed E-state index contributed by atoms with van der Waals surface area (Å²) in [5.41, 5.74) is 5.40. The van der Waals surface area contributed by atoms with Crippen molar-refractivity contribution in [2.45, 2.75) is 31.0 Å². The predicted octanol–water partition coefficient (Wildman–Crippen LogP) is -0.595. The van der Waals surface area contributed by atoms with E-state index in [0.29, 0.717) is 19.6 Å². The van der Waals surface area contributed by atoms with Gasteiger partial charge in [0, 0.05) is 31.2 Å². The summed E-state index contributed by atoms with van der Waals surface area (Å²) in [6.07, 6.45) is 6.22. The molecule has 0 aliphatic rings. The number of aromatic nitrogens is 4. The maximum atomic E-state index is 12.2. The van der Waals surface area contributed by atoms with E-state index >= 15 is 0 Å². The first kappa shape index (κ1) is 14.7. The maximum absolute atomic E-state index is 12.2. The van der Waals surface area contributed by atoms with Gasteiger partial charge in [0.25, 0.3) is 0 Å². The lowest BCUT2D eigenvalue weighted by Gasteiger charge is -2.13. The molecule has 2 aromatic heterocycles. The maximum Gasteiger partial charge on any atom is 0.243 e. The first-order valence-electron chi connectivity index (χ1n) is 6.23. The van der Waals surface area contributed by atoms with Crippen molar-refractivity contribution in [3.8, 4) is 0 Å². The Hall–Kier alpha value is -1.71. The first-order valence-corrected chi connectivity index (χ1v) is 7.72. The van der Waals surface area contributed by atoms with Gasteiger partial charge in [-0.25, -0.2) is 13.1 Å². The van der Waals surface area contributed by atoms with Crippen LogP contribution in [0.3, 0.4) is 0 Å². The third-order valence-electron chi connectivity index (χ3n) is 2.65. The lowest BCUT2D eigenvalue weighted by Crippen LogP contribution is -2.35. The number of hydrogen-bond acceptors (Lipinski definition) is 5. The second-order valence-corrected chi connectivity index (χ2v) is 6.19. The molecule has 0 bridgehead atoms. The summed E-state index contributed by atoms with van der Waals surface area (Å²) in [6, 6.07) is 1.51. The van der Waals surface area contributed by atoms with E-state index in [4.69, 9.17) is 5.73 Å². The summed E-state index contributed by atoms with van der Waals surface area (Å²) in [4.78, 5) is 0.137. The molecule has 1 unspecified atom stereocenters.